The standard InChI is InChI=1S/C4H3N5O2/c5-1-2(7-10)3-4(6)9-11-8-3/h10H,(H2,6,9). The summed E-state index contributed by atoms with van der Waals surface area (Å²) in [6, 6.07) is 1.55. The van der Waals surface area contributed by atoms with E-state index in [4.69, 9.17) is 16.2 Å². The summed E-state index contributed by atoms with van der Waals surface area (Å²) in [5.74, 6) is -0.0839. The molecule has 0 aromatic carbocycles. The third-order valence-corrected chi connectivity index (χ3v) is 0.944. The van der Waals surface area contributed by atoms with Crippen LogP contribution in [0.25, 0.3) is 0 Å². The van der Waals surface area contributed by atoms with Gasteiger partial charge in [-0.3, -0.25) is 0 Å². The Bertz CT molecular complexity index is 321. The molecule has 0 aliphatic carbocycles. The van der Waals surface area contributed by atoms with Gasteiger partial charge >= 0.3 is 0 Å². The van der Waals surface area contributed by atoms with Crippen LogP contribution < -0.4 is 5.73 Å². The van der Waals surface area contributed by atoms with E-state index in [1.165, 1.54) is 0 Å². The van der Waals surface area contributed by atoms with Crippen molar-refractivity contribution in [2.24, 2.45) is 5.16 Å². The fourth-order valence-electron chi connectivity index (χ4n) is 0.482. The van der Waals surface area contributed by atoms with Gasteiger partial charge in [-0.2, -0.15) is 5.26 Å². The van der Waals surface area contributed by atoms with E-state index < -0.39 is 0 Å². The number of nitrogens with zero attached hydrogens (tertiary/aromatic N) is 4. The van der Waals surface area contributed by atoms with Crippen LogP contribution in [-0.2, 0) is 0 Å². The lowest BCUT2D eigenvalue weighted by Gasteiger charge is -1.84. The van der Waals surface area contributed by atoms with E-state index in [0.717, 1.165) is 0 Å². The SMILES string of the molecule is N#CC(=NO)c1nonc1N. The molecule has 0 saturated heterocycles. The number of nitrogens with two attached hydrogens (primary N) is 1. The van der Waals surface area contributed by atoms with Gasteiger partial charge in [0.1, 0.15) is 6.07 Å². The maximum Gasteiger partial charge on any atom is 0.212 e. The summed E-state index contributed by atoms with van der Waals surface area (Å²) in [6.07, 6.45) is 0. The lowest BCUT2D eigenvalue weighted by molar-refractivity contribution is 0.305. The number of aromatic nitrogens is 2. The Hall–Kier alpha value is -2.10. The second kappa shape index (κ2) is 2.66. The third-order valence-electron chi connectivity index (χ3n) is 0.944. The van der Waals surface area contributed by atoms with Gasteiger partial charge < -0.3 is 10.9 Å². The highest BCUT2D eigenvalue weighted by molar-refractivity contribution is 6.12. The summed E-state index contributed by atoms with van der Waals surface area (Å²) >= 11 is 0. The van der Waals surface area contributed by atoms with E-state index in [9.17, 15) is 0 Å². The molecular formula is C4H3N5O2. The van der Waals surface area contributed by atoms with E-state index in [-0.39, 0.29) is 17.2 Å². The van der Waals surface area contributed by atoms with Gasteiger partial charge in [-0.15, -0.1) is 0 Å². The first-order chi connectivity index (χ1) is 5.29. The highest BCUT2D eigenvalue weighted by atomic mass is 16.6. The first-order valence-electron chi connectivity index (χ1n) is 2.50. The molecule has 0 fully saturated rings. The van der Waals surface area contributed by atoms with Crippen LogP contribution in [0.2, 0.25) is 0 Å². The fraction of sp³-hybridized carbons (Fsp3) is 0. The van der Waals surface area contributed by atoms with E-state index in [1.54, 1.807) is 6.07 Å². The second-order valence-electron chi connectivity index (χ2n) is 1.56. The number of hydrogen-bond donors (Lipinski definition) is 2. The molecule has 1 rings (SSSR count). The molecule has 56 valence electrons. The highest BCUT2D eigenvalue weighted by Crippen LogP contribution is 2.04. The van der Waals surface area contributed by atoms with Gasteiger partial charge in [0.05, 0.1) is 0 Å². The zero-order valence-corrected chi connectivity index (χ0v) is 5.22. The molecule has 1 aromatic rings. The number of nitriles is 1. The molecule has 0 spiro atoms. The number of rotatable bonds is 1. The summed E-state index contributed by atoms with van der Waals surface area (Å²) in [6.45, 7) is 0. The summed E-state index contributed by atoms with van der Waals surface area (Å²) in [4.78, 5) is 0. The molecule has 7 heteroatoms. The predicted molar refractivity (Wildman–Crippen MR) is 32.6 cm³/mol. The smallest absolute Gasteiger partial charge is 0.212 e. The van der Waals surface area contributed by atoms with Gasteiger partial charge in [-0.25, -0.2) is 4.63 Å². The molecular weight excluding hydrogens is 150 g/mol. The van der Waals surface area contributed by atoms with E-state index in [2.05, 4.69) is 20.1 Å². The molecule has 1 heterocycles. The third kappa shape index (κ3) is 1.09. The second-order valence-corrected chi connectivity index (χ2v) is 1.56. The minimum absolute atomic E-state index is 0.0602. The number of oxime groups is 1. The lowest BCUT2D eigenvalue weighted by Crippen LogP contribution is -2.01. The Labute approximate surface area is 60.7 Å². The van der Waals surface area contributed by atoms with Crippen LogP contribution in [0, 0.1) is 11.3 Å². The Balaban J connectivity index is 3.13. The number of hydrogen-bond acceptors (Lipinski definition) is 7. The van der Waals surface area contributed by atoms with Crippen LogP contribution in [0.1, 0.15) is 5.69 Å². The summed E-state index contributed by atoms with van der Waals surface area (Å²) in [7, 11) is 0. The molecule has 7 nitrogen and oxygen atoms in total. The first-order valence-corrected chi connectivity index (χ1v) is 2.50. The molecule has 0 saturated carbocycles. The van der Waals surface area contributed by atoms with Crippen molar-refractivity contribution < 1.29 is 9.84 Å². The Morgan fingerprint density at radius 1 is 1.73 bits per heavy atom. The van der Waals surface area contributed by atoms with Gasteiger partial charge in [-0.05, 0) is 10.3 Å². The van der Waals surface area contributed by atoms with E-state index in [0.29, 0.717) is 0 Å². The van der Waals surface area contributed by atoms with Crippen molar-refractivity contribution in [2.45, 2.75) is 0 Å². The molecule has 11 heavy (non-hydrogen) atoms. The van der Waals surface area contributed by atoms with Crippen LogP contribution in [-0.4, -0.2) is 21.2 Å². The fourth-order valence-corrected chi connectivity index (χ4v) is 0.482. The van der Waals surface area contributed by atoms with Crippen LogP contribution in [0.3, 0.4) is 0 Å². The van der Waals surface area contributed by atoms with Crippen molar-refractivity contribution in [1.29, 1.82) is 5.26 Å². The van der Waals surface area contributed by atoms with Crippen molar-refractivity contribution >= 4 is 11.5 Å². The van der Waals surface area contributed by atoms with Crippen LogP contribution in [0.15, 0.2) is 9.78 Å². The quantitative estimate of drug-likeness (QED) is 0.314. The molecule has 0 unspecified atom stereocenters. The van der Waals surface area contributed by atoms with Crippen LogP contribution in [0.5, 0.6) is 0 Å². The van der Waals surface area contributed by atoms with Crippen molar-refractivity contribution in [3.63, 3.8) is 0 Å². The average Bonchev–Trinajstić information content (AvgIpc) is 2.40. The minimum atomic E-state index is -0.330. The van der Waals surface area contributed by atoms with Gasteiger partial charge in [0.25, 0.3) is 0 Å². The Morgan fingerprint density at radius 3 is 2.82 bits per heavy atom. The highest BCUT2D eigenvalue weighted by Gasteiger charge is 2.13. The van der Waals surface area contributed by atoms with Gasteiger partial charge in [0.15, 0.2) is 11.5 Å². The van der Waals surface area contributed by atoms with Crippen LogP contribution >= 0.6 is 0 Å². The topological polar surface area (TPSA) is 121 Å². The minimum Gasteiger partial charge on any atom is -0.410 e. The monoisotopic (exact) mass is 153 g/mol. The largest absolute Gasteiger partial charge is 0.410 e. The average molecular weight is 153 g/mol. The molecule has 0 aliphatic rings. The molecule has 0 bridgehead atoms. The summed E-state index contributed by atoms with van der Waals surface area (Å²) < 4.78 is 4.16. The van der Waals surface area contributed by atoms with Gasteiger partial charge in [-0.1, -0.05) is 5.16 Å². The molecule has 3 N–H and O–H groups in total. The zero-order chi connectivity index (χ0) is 8.27. The Kier molecular flexibility index (Phi) is 1.69. The van der Waals surface area contributed by atoms with E-state index in [1.807, 2.05) is 0 Å². The van der Waals surface area contributed by atoms with Crippen molar-refractivity contribution in [3.8, 4) is 6.07 Å². The molecule has 0 radical (unpaired) electrons. The number of anilines is 1. The Morgan fingerprint density at radius 2 is 2.45 bits per heavy atom. The van der Waals surface area contributed by atoms with Crippen molar-refractivity contribution in [3.05, 3.63) is 5.69 Å². The summed E-state index contributed by atoms with van der Waals surface area (Å²) in [5, 5.41) is 25.6. The molecule has 0 atom stereocenters. The lowest BCUT2D eigenvalue weighted by atomic mass is 10.3. The normalized spacial score (nSPS) is 11.0. The maximum atomic E-state index is 8.32. The van der Waals surface area contributed by atoms with Gasteiger partial charge in [0.2, 0.25) is 5.71 Å². The molecule has 1 aromatic heterocycles. The van der Waals surface area contributed by atoms with Gasteiger partial charge in [0, 0.05) is 0 Å². The first kappa shape index (κ1) is 7.01. The predicted octanol–water partition coefficient (Wildman–Crippen LogP) is -0.646. The number of nitrogen functional groups attached to an aromatic ring is 1. The van der Waals surface area contributed by atoms with Crippen LogP contribution in [0.4, 0.5) is 5.82 Å². The van der Waals surface area contributed by atoms with Crippen molar-refractivity contribution in [2.75, 3.05) is 5.73 Å². The zero-order valence-electron chi connectivity index (χ0n) is 5.22. The molecule has 0 amide bonds. The van der Waals surface area contributed by atoms with Crippen molar-refractivity contribution in [1.82, 2.24) is 10.3 Å². The maximum absolute atomic E-state index is 8.32. The summed E-state index contributed by atoms with van der Waals surface area (Å²) in [5.41, 5.74) is 4.79. The van der Waals surface area contributed by atoms with E-state index >= 15 is 0 Å². The molecule has 0 aliphatic heterocycles.